The lowest BCUT2D eigenvalue weighted by atomic mass is 9.87. The summed E-state index contributed by atoms with van der Waals surface area (Å²) in [4.78, 5) is 0. The van der Waals surface area contributed by atoms with E-state index in [9.17, 15) is 13.0 Å². The number of nitrogens with zero attached hydrogens (tertiary/aromatic N) is 1. The van der Waals surface area contributed by atoms with E-state index in [1.807, 2.05) is 20.8 Å². The van der Waals surface area contributed by atoms with Crippen LogP contribution < -0.4 is 0 Å². The molecule has 6 heteroatoms. The summed E-state index contributed by atoms with van der Waals surface area (Å²) in [6.07, 6.45) is -0.153. The van der Waals surface area contributed by atoms with Gasteiger partial charge >= 0.3 is 0 Å². The monoisotopic (exact) mass is 363 g/mol. The molecule has 1 atom stereocenters. The Labute approximate surface area is 128 Å². The summed E-state index contributed by atoms with van der Waals surface area (Å²) in [5.74, 6) is -2.85. The van der Waals surface area contributed by atoms with Crippen LogP contribution in [0.1, 0.15) is 44.7 Å². The molecule has 110 valence electrons. The minimum absolute atomic E-state index is 0.0309. The summed E-state index contributed by atoms with van der Waals surface area (Å²) in [6.45, 7) is 5.44. The number of fused-ring (bicyclic) bond motifs is 1. The van der Waals surface area contributed by atoms with Gasteiger partial charge in [0.1, 0.15) is 11.0 Å². The third-order valence-electron chi connectivity index (χ3n) is 3.08. The molecule has 0 saturated heterocycles. The van der Waals surface area contributed by atoms with Crippen molar-refractivity contribution >= 4 is 32.6 Å². The van der Waals surface area contributed by atoms with E-state index >= 15 is 0 Å². The average Bonchev–Trinajstić information content (AvgIpc) is 2.31. The predicted octanol–water partition coefficient (Wildman–Crippen LogP) is 4.59. The Hall–Kier alpha value is -0.620. The first kappa shape index (κ1) is 15.8. The highest BCUT2D eigenvalue weighted by Gasteiger charge is 2.39. The molecular formula is C14H16BrF2NOS. The minimum atomic E-state index is -2.85. The van der Waals surface area contributed by atoms with Gasteiger partial charge in [-0.25, -0.2) is 13.0 Å². The second-order valence-electron chi connectivity index (χ2n) is 5.79. The molecule has 0 bridgehead atoms. The molecule has 1 aromatic rings. The molecule has 0 heterocycles. The number of hydrogen-bond donors (Lipinski definition) is 0. The number of halogens is 3. The maximum Gasteiger partial charge on any atom is 0.274 e. The third-order valence-corrected chi connectivity index (χ3v) is 5.01. The van der Waals surface area contributed by atoms with Gasteiger partial charge in [0.15, 0.2) is 0 Å². The van der Waals surface area contributed by atoms with Crippen LogP contribution in [0.15, 0.2) is 27.1 Å². The Balaban J connectivity index is 2.52. The fourth-order valence-corrected chi connectivity index (χ4v) is 2.98. The van der Waals surface area contributed by atoms with Gasteiger partial charge in [-0.3, -0.25) is 0 Å². The lowest BCUT2D eigenvalue weighted by Crippen LogP contribution is -2.27. The van der Waals surface area contributed by atoms with Gasteiger partial charge in [0.2, 0.25) is 0 Å². The van der Waals surface area contributed by atoms with Crippen molar-refractivity contribution in [3.63, 3.8) is 0 Å². The molecular weight excluding hydrogens is 348 g/mol. The summed E-state index contributed by atoms with van der Waals surface area (Å²) in [5.41, 5.74) is 0.866. The van der Waals surface area contributed by atoms with Crippen molar-refractivity contribution < 1.29 is 13.0 Å². The molecule has 0 amide bonds. The molecule has 20 heavy (non-hydrogen) atoms. The second kappa shape index (κ2) is 5.30. The fraction of sp³-hybridized carbons (Fsp3) is 0.500. The van der Waals surface area contributed by atoms with E-state index in [-0.39, 0.29) is 18.4 Å². The van der Waals surface area contributed by atoms with Gasteiger partial charge in [-0.05, 0) is 39.3 Å². The van der Waals surface area contributed by atoms with Gasteiger partial charge in [0.25, 0.3) is 5.92 Å². The topological polar surface area (TPSA) is 29.4 Å². The Morgan fingerprint density at radius 3 is 2.60 bits per heavy atom. The maximum absolute atomic E-state index is 13.9. The molecule has 2 nitrogen and oxygen atoms in total. The van der Waals surface area contributed by atoms with Gasteiger partial charge < -0.3 is 0 Å². The first-order valence-electron chi connectivity index (χ1n) is 6.29. The zero-order chi connectivity index (χ0) is 15.1. The Bertz CT molecular complexity index is 593. The third kappa shape index (κ3) is 3.17. The summed E-state index contributed by atoms with van der Waals surface area (Å²) >= 11 is 3.29. The van der Waals surface area contributed by atoms with Gasteiger partial charge in [0.05, 0.1) is 10.5 Å². The summed E-state index contributed by atoms with van der Waals surface area (Å²) in [5, 5.41) is 0. The van der Waals surface area contributed by atoms with Crippen LogP contribution in [-0.4, -0.2) is 14.7 Å². The Kier molecular flexibility index (Phi) is 4.17. The van der Waals surface area contributed by atoms with Crippen LogP contribution in [0.5, 0.6) is 0 Å². The second-order valence-corrected chi connectivity index (χ2v) is 8.62. The zero-order valence-corrected chi connectivity index (χ0v) is 13.9. The van der Waals surface area contributed by atoms with E-state index in [0.29, 0.717) is 15.7 Å². The molecule has 0 aromatic heterocycles. The summed E-state index contributed by atoms with van der Waals surface area (Å²) < 4.78 is 44.4. The van der Waals surface area contributed by atoms with Gasteiger partial charge in [-0.15, -0.1) is 0 Å². The fourth-order valence-electron chi connectivity index (χ4n) is 1.95. The number of hydrogen-bond acceptors (Lipinski definition) is 1. The normalized spacial score (nSPS) is 21.6. The van der Waals surface area contributed by atoms with Crippen molar-refractivity contribution in [1.29, 1.82) is 0 Å². The minimum Gasteiger partial charge on any atom is -0.234 e. The molecule has 2 rings (SSSR count). The van der Waals surface area contributed by atoms with E-state index in [1.54, 1.807) is 12.1 Å². The molecule has 0 saturated carbocycles. The highest BCUT2D eigenvalue weighted by atomic mass is 79.9. The molecule has 0 radical (unpaired) electrons. The lowest BCUT2D eigenvalue weighted by molar-refractivity contribution is -0.0139. The maximum atomic E-state index is 13.9. The van der Waals surface area contributed by atoms with E-state index < -0.39 is 21.7 Å². The van der Waals surface area contributed by atoms with Gasteiger partial charge in [0, 0.05) is 22.0 Å². The van der Waals surface area contributed by atoms with Crippen molar-refractivity contribution in [2.45, 2.75) is 44.3 Å². The molecule has 0 unspecified atom stereocenters. The van der Waals surface area contributed by atoms with Gasteiger partial charge in [-0.1, -0.05) is 22.0 Å². The van der Waals surface area contributed by atoms with Crippen LogP contribution in [0.2, 0.25) is 0 Å². The van der Waals surface area contributed by atoms with Crippen molar-refractivity contribution in [1.82, 2.24) is 0 Å². The number of alkyl halides is 2. The Morgan fingerprint density at radius 2 is 2.00 bits per heavy atom. The van der Waals surface area contributed by atoms with E-state index in [1.165, 1.54) is 6.07 Å². The lowest BCUT2D eigenvalue weighted by Gasteiger charge is -2.27. The predicted molar refractivity (Wildman–Crippen MR) is 81.7 cm³/mol. The van der Waals surface area contributed by atoms with Gasteiger partial charge in [-0.2, -0.15) is 4.40 Å². The first-order chi connectivity index (χ1) is 9.11. The van der Waals surface area contributed by atoms with E-state index in [0.717, 1.165) is 0 Å². The highest BCUT2D eigenvalue weighted by molar-refractivity contribution is 9.10. The van der Waals surface area contributed by atoms with Crippen molar-refractivity contribution in [3.05, 3.63) is 33.8 Å². The van der Waals surface area contributed by atoms with Crippen LogP contribution in [-0.2, 0) is 16.9 Å². The molecule has 0 N–H and O–H groups in total. The van der Waals surface area contributed by atoms with E-state index in [4.69, 9.17) is 0 Å². The van der Waals surface area contributed by atoms with Crippen LogP contribution in [0.25, 0.3) is 0 Å². The molecule has 0 aliphatic heterocycles. The SMILES string of the molecule is CC(C)(C)[S@@](=O)/N=C1\CCC(F)(F)c2ccc(Br)cc21. The molecule has 1 aliphatic carbocycles. The van der Waals surface area contributed by atoms with Crippen molar-refractivity contribution in [3.8, 4) is 0 Å². The number of rotatable bonds is 1. The molecule has 1 aliphatic rings. The van der Waals surface area contributed by atoms with Crippen LogP contribution >= 0.6 is 15.9 Å². The quantitative estimate of drug-likeness (QED) is 0.717. The van der Waals surface area contributed by atoms with Crippen molar-refractivity contribution in [2.75, 3.05) is 0 Å². The van der Waals surface area contributed by atoms with Crippen LogP contribution in [0.3, 0.4) is 0 Å². The average molecular weight is 364 g/mol. The van der Waals surface area contributed by atoms with Crippen LogP contribution in [0, 0.1) is 0 Å². The largest absolute Gasteiger partial charge is 0.274 e. The summed E-state index contributed by atoms with van der Waals surface area (Å²) in [7, 11) is -1.45. The highest BCUT2D eigenvalue weighted by Crippen LogP contribution is 2.41. The van der Waals surface area contributed by atoms with E-state index in [2.05, 4.69) is 20.3 Å². The molecule has 0 spiro atoms. The van der Waals surface area contributed by atoms with Crippen molar-refractivity contribution in [2.24, 2.45) is 4.40 Å². The molecule has 1 aromatic carbocycles. The first-order valence-corrected chi connectivity index (χ1v) is 8.19. The standard InChI is InChI=1S/C14H16BrF2NOS/c1-13(2,3)20(19)18-12-6-7-14(16,17)11-5-4-9(15)8-10(11)12/h4-5,8H,6-7H2,1-3H3/b18-12+/t20-/m1/s1. The number of benzene rings is 1. The molecule has 0 fully saturated rings. The van der Waals surface area contributed by atoms with Crippen LogP contribution in [0.4, 0.5) is 8.78 Å². The smallest absolute Gasteiger partial charge is 0.234 e. The summed E-state index contributed by atoms with van der Waals surface area (Å²) in [6, 6.07) is 4.63. The zero-order valence-electron chi connectivity index (χ0n) is 11.5. The Morgan fingerprint density at radius 1 is 1.35 bits per heavy atom.